The Hall–Kier alpha value is 0.358. The van der Waals surface area contributed by atoms with Gasteiger partial charge in [-0.3, -0.25) is 0 Å². The van der Waals surface area contributed by atoms with Crippen LogP contribution in [-0.4, -0.2) is 19.5 Å². The van der Waals surface area contributed by atoms with Gasteiger partial charge in [0.1, 0.15) is 0 Å². The number of unbranched alkanes of at least 4 members (excludes halogenated alkanes) is 9. The number of halogens is 6. The van der Waals surface area contributed by atoms with Gasteiger partial charge in [0.25, 0.3) is 0 Å². The van der Waals surface area contributed by atoms with E-state index in [-0.39, 0.29) is 7.58 Å². The van der Waals surface area contributed by atoms with E-state index in [1.807, 2.05) is 0 Å². The standard InChI is InChI=1S/C22H40.6FH.H3N.Sb/c1-2-3-4-5-6-7-8-9-10-11-12-22-16-19-13-20(17-22)15-21(14-19)18-22;;;;;;;;/h19-21H,2-18H2,1H3;6*1H;1H3;/q;;;;;;;;+5/p-5. The molecular formula is C22H44F6NSb. The molecule has 4 rings (SSSR count). The number of hydrogen-bond donors (Lipinski definition) is 1. The zero-order valence-electron chi connectivity index (χ0n) is 19.7. The van der Waals surface area contributed by atoms with E-state index in [1.165, 1.54) is 57.8 Å². The Bertz CT molecular complexity index is 464. The van der Waals surface area contributed by atoms with Gasteiger partial charge in [0.05, 0.1) is 0 Å². The molecular weight excluding hydrogens is 514 g/mol. The Morgan fingerprint density at radius 1 is 0.633 bits per heavy atom. The first-order chi connectivity index (χ1) is 13.2. The van der Waals surface area contributed by atoms with Crippen LogP contribution >= 0.6 is 0 Å². The first kappa shape index (κ1) is 28.4. The SMILES string of the molecule is CCCCCCCCCCCCC12CC3CC(CC(C3)C1)C2.N.[F][Sb-]([F])([F])([F])([F])[F].[H+]. The molecule has 4 fully saturated rings. The van der Waals surface area contributed by atoms with E-state index in [9.17, 15) is 16.9 Å². The Kier molecular flexibility index (Phi) is 9.96. The van der Waals surface area contributed by atoms with Crippen LogP contribution in [0.25, 0.3) is 0 Å². The third-order valence-electron chi connectivity index (χ3n) is 7.23. The Morgan fingerprint density at radius 2 is 0.933 bits per heavy atom. The van der Waals surface area contributed by atoms with Crippen molar-refractivity contribution in [1.82, 2.24) is 6.15 Å². The van der Waals surface area contributed by atoms with E-state index in [4.69, 9.17) is 0 Å². The van der Waals surface area contributed by atoms with Crippen LogP contribution in [0.15, 0.2) is 0 Å². The molecule has 0 unspecified atom stereocenters. The van der Waals surface area contributed by atoms with E-state index < -0.39 is 19.5 Å². The molecule has 0 aromatic carbocycles. The largest absolute Gasteiger partial charge is 1.00 e. The molecule has 4 aliphatic rings. The van der Waals surface area contributed by atoms with E-state index in [2.05, 4.69) is 6.92 Å². The smallest absolute Gasteiger partial charge is 1.00 e. The van der Waals surface area contributed by atoms with Crippen LogP contribution in [-0.2, 0) is 0 Å². The summed E-state index contributed by atoms with van der Waals surface area (Å²) >= 11 is -11.2. The number of rotatable bonds is 11. The summed E-state index contributed by atoms with van der Waals surface area (Å²) in [6.07, 6.45) is 26.2. The second-order valence-electron chi connectivity index (χ2n) is 10.3. The molecule has 8 heteroatoms. The minimum absolute atomic E-state index is 0. The molecule has 0 heterocycles. The van der Waals surface area contributed by atoms with Crippen LogP contribution in [0.4, 0.5) is 16.9 Å². The van der Waals surface area contributed by atoms with E-state index in [0.29, 0.717) is 0 Å². The van der Waals surface area contributed by atoms with Crippen molar-refractivity contribution in [2.75, 3.05) is 0 Å². The molecule has 0 aliphatic heterocycles. The average molecular weight is 558 g/mol. The van der Waals surface area contributed by atoms with Gasteiger partial charge in [-0.05, 0) is 68.1 Å². The van der Waals surface area contributed by atoms with Crippen molar-refractivity contribution in [3.05, 3.63) is 0 Å². The maximum Gasteiger partial charge on any atom is 1.00 e. The third-order valence-corrected chi connectivity index (χ3v) is 7.23. The second-order valence-corrected chi connectivity index (χ2v) is 15.8. The summed E-state index contributed by atoms with van der Waals surface area (Å²) in [7, 11) is 0. The molecule has 4 saturated carbocycles. The fourth-order valence-electron chi connectivity index (χ4n) is 6.58. The predicted molar refractivity (Wildman–Crippen MR) is 116 cm³/mol. The first-order valence-electron chi connectivity index (χ1n) is 11.8. The van der Waals surface area contributed by atoms with Crippen LogP contribution in [0, 0.1) is 23.2 Å². The molecule has 30 heavy (non-hydrogen) atoms. The summed E-state index contributed by atoms with van der Waals surface area (Å²) < 4.78 is 59.6. The number of hydrogen-bond acceptors (Lipinski definition) is 1. The van der Waals surface area contributed by atoms with Crippen molar-refractivity contribution in [3.63, 3.8) is 0 Å². The Morgan fingerprint density at radius 3 is 1.27 bits per heavy atom. The Balaban J connectivity index is 0.000000875. The van der Waals surface area contributed by atoms with Gasteiger partial charge in [-0.2, -0.15) is 0 Å². The molecule has 0 atom stereocenters. The minimum atomic E-state index is -11.2. The van der Waals surface area contributed by atoms with Crippen molar-refractivity contribution in [1.29, 1.82) is 0 Å². The van der Waals surface area contributed by atoms with Gasteiger partial charge in [0.15, 0.2) is 0 Å². The minimum Gasteiger partial charge on any atom is 1.00 e. The average Bonchev–Trinajstić information content (AvgIpc) is 2.52. The van der Waals surface area contributed by atoms with Gasteiger partial charge in [-0.1, -0.05) is 71.1 Å². The quantitative estimate of drug-likeness (QED) is 0.153. The van der Waals surface area contributed by atoms with Crippen molar-refractivity contribution in [2.24, 2.45) is 23.2 Å². The van der Waals surface area contributed by atoms with Gasteiger partial charge in [0, 0.05) is 0 Å². The van der Waals surface area contributed by atoms with E-state index >= 15 is 0 Å². The van der Waals surface area contributed by atoms with Crippen molar-refractivity contribution >= 4 is 19.5 Å². The molecule has 4 bridgehead atoms. The van der Waals surface area contributed by atoms with Crippen LogP contribution in [0.5, 0.6) is 0 Å². The summed E-state index contributed by atoms with van der Waals surface area (Å²) in [5, 5.41) is 0. The van der Waals surface area contributed by atoms with E-state index in [0.717, 1.165) is 23.2 Å². The van der Waals surface area contributed by atoms with Gasteiger partial charge in [0.2, 0.25) is 0 Å². The summed E-state index contributed by atoms with van der Waals surface area (Å²) in [5.41, 5.74) is 0.842. The second kappa shape index (κ2) is 10.5. The molecule has 0 saturated heterocycles. The predicted octanol–water partition coefficient (Wildman–Crippen LogP) is 9.93. The van der Waals surface area contributed by atoms with Gasteiger partial charge < -0.3 is 6.15 Å². The fraction of sp³-hybridized carbons (Fsp3) is 1.00. The topological polar surface area (TPSA) is 35.0 Å². The van der Waals surface area contributed by atoms with Gasteiger partial charge >= 0.3 is 37.8 Å². The monoisotopic (exact) mass is 557 g/mol. The van der Waals surface area contributed by atoms with Crippen LogP contribution in [0.2, 0.25) is 0 Å². The van der Waals surface area contributed by atoms with Gasteiger partial charge in [-0.15, -0.1) is 0 Å². The van der Waals surface area contributed by atoms with Crippen molar-refractivity contribution < 1.29 is 18.3 Å². The van der Waals surface area contributed by atoms with Gasteiger partial charge in [-0.25, -0.2) is 0 Å². The maximum absolute atomic E-state index is 11.2. The summed E-state index contributed by atoms with van der Waals surface area (Å²) in [5.74, 6) is 3.44. The first-order valence-corrected chi connectivity index (χ1v) is 17.6. The maximum atomic E-state index is 9.93. The molecule has 0 amide bonds. The molecule has 184 valence electrons. The zero-order chi connectivity index (χ0) is 21.7. The fourth-order valence-corrected chi connectivity index (χ4v) is 6.58. The zero-order valence-corrected chi connectivity index (χ0v) is 21.2. The van der Waals surface area contributed by atoms with Crippen LogP contribution in [0.1, 0.15) is 118 Å². The van der Waals surface area contributed by atoms with Crippen LogP contribution in [0.3, 0.4) is 0 Å². The molecule has 0 aromatic heterocycles. The van der Waals surface area contributed by atoms with Crippen LogP contribution < -0.4 is 6.15 Å². The molecule has 0 spiro atoms. The molecule has 0 aromatic rings. The summed E-state index contributed by atoms with van der Waals surface area (Å²) in [4.78, 5) is 0. The summed E-state index contributed by atoms with van der Waals surface area (Å²) in [6, 6.07) is 0. The molecule has 3 N–H and O–H groups in total. The molecule has 1 nitrogen and oxygen atoms in total. The van der Waals surface area contributed by atoms with Crippen molar-refractivity contribution in [2.45, 2.75) is 116 Å². The normalized spacial score (nSPS) is 31.9. The molecule has 0 radical (unpaired) electrons. The van der Waals surface area contributed by atoms with Crippen molar-refractivity contribution in [3.8, 4) is 0 Å². The third kappa shape index (κ3) is 13.0. The molecule has 4 aliphatic carbocycles. The Labute approximate surface area is 183 Å². The van der Waals surface area contributed by atoms with E-state index in [1.54, 1.807) is 51.4 Å². The summed E-state index contributed by atoms with van der Waals surface area (Å²) in [6.45, 7) is 2.31.